The number of carbonyl (C=O) groups is 1. The quantitative estimate of drug-likeness (QED) is 0.922. The third-order valence-corrected chi connectivity index (χ3v) is 5.50. The molecular weight excluding hydrogens is 317 g/mol. The van der Waals surface area contributed by atoms with Crippen molar-refractivity contribution in [2.45, 2.75) is 31.3 Å². The Balaban J connectivity index is 1.55. The Hall–Kier alpha value is -2.20. The number of hydrogen-bond acceptors (Lipinski definition) is 2. The van der Waals surface area contributed by atoms with Gasteiger partial charge in [-0.1, -0.05) is 24.3 Å². The molecule has 1 saturated carbocycles. The van der Waals surface area contributed by atoms with Crippen LogP contribution in [-0.4, -0.2) is 34.6 Å². The van der Waals surface area contributed by atoms with Crippen LogP contribution in [0.1, 0.15) is 36.0 Å². The molecule has 1 atom stereocenters. The number of amides is 1. The Morgan fingerprint density at radius 2 is 1.84 bits per heavy atom. The van der Waals surface area contributed by atoms with Crippen molar-refractivity contribution in [3.05, 3.63) is 59.9 Å². The Morgan fingerprint density at radius 1 is 1.12 bits per heavy atom. The van der Waals surface area contributed by atoms with Gasteiger partial charge in [0.15, 0.2) is 0 Å². The van der Waals surface area contributed by atoms with E-state index in [9.17, 15) is 14.3 Å². The molecule has 130 valence electrons. The molecule has 1 aliphatic heterocycles. The molecule has 0 radical (unpaired) electrons. The van der Waals surface area contributed by atoms with Crippen LogP contribution in [0.25, 0.3) is 11.1 Å². The second-order valence-electron chi connectivity index (χ2n) is 7.29. The Morgan fingerprint density at radius 3 is 2.56 bits per heavy atom. The van der Waals surface area contributed by atoms with Gasteiger partial charge in [-0.15, -0.1) is 0 Å². The van der Waals surface area contributed by atoms with Gasteiger partial charge in [0.2, 0.25) is 0 Å². The van der Waals surface area contributed by atoms with Gasteiger partial charge in [-0.3, -0.25) is 4.79 Å². The fourth-order valence-corrected chi connectivity index (χ4v) is 3.82. The van der Waals surface area contributed by atoms with Crippen molar-refractivity contribution < 1.29 is 14.3 Å². The lowest BCUT2D eigenvalue weighted by atomic mass is 9.90. The van der Waals surface area contributed by atoms with Crippen molar-refractivity contribution in [3.8, 4) is 11.1 Å². The normalized spacial score (nSPS) is 21.8. The molecule has 2 aliphatic rings. The SMILES string of the molecule is O=C(c1cccc(-c2cccc(F)c2)c1)N1CCCC(C2(O)CC2)C1. The number of aliphatic hydroxyl groups is 1. The first-order chi connectivity index (χ1) is 12.0. The summed E-state index contributed by atoms with van der Waals surface area (Å²) in [4.78, 5) is 14.8. The van der Waals surface area contributed by atoms with Crippen molar-refractivity contribution in [2.75, 3.05) is 13.1 Å². The zero-order valence-electron chi connectivity index (χ0n) is 14.1. The third-order valence-electron chi connectivity index (χ3n) is 5.50. The standard InChI is InChI=1S/C21H22FNO2/c22-19-8-2-5-16(13-19)15-4-1-6-17(12-15)20(24)23-11-3-7-18(14-23)21(25)9-10-21/h1-2,4-6,8,12-13,18,25H,3,7,9-11,14H2. The summed E-state index contributed by atoms with van der Waals surface area (Å²) in [5.41, 5.74) is 1.67. The maximum absolute atomic E-state index is 13.5. The minimum Gasteiger partial charge on any atom is -0.390 e. The molecule has 2 aromatic carbocycles. The Kier molecular flexibility index (Phi) is 4.08. The molecule has 1 aliphatic carbocycles. The summed E-state index contributed by atoms with van der Waals surface area (Å²) >= 11 is 0. The number of rotatable bonds is 3. The van der Waals surface area contributed by atoms with Crippen molar-refractivity contribution in [1.82, 2.24) is 4.90 Å². The van der Waals surface area contributed by atoms with Crippen LogP contribution in [0.2, 0.25) is 0 Å². The highest BCUT2D eigenvalue weighted by Gasteiger charge is 2.49. The smallest absolute Gasteiger partial charge is 0.253 e. The average Bonchev–Trinajstić information content (AvgIpc) is 3.40. The Labute approximate surface area is 147 Å². The van der Waals surface area contributed by atoms with Crippen molar-refractivity contribution >= 4 is 5.91 Å². The zero-order valence-corrected chi connectivity index (χ0v) is 14.1. The second-order valence-corrected chi connectivity index (χ2v) is 7.29. The molecule has 2 fully saturated rings. The van der Waals surface area contributed by atoms with E-state index in [2.05, 4.69) is 0 Å². The van der Waals surface area contributed by atoms with E-state index in [1.54, 1.807) is 12.1 Å². The van der Waals surface area contributed by atoms with Crippen LogP contribution >= 0.6 is 0 Å². The number of carbonyl (C=O) groups excluding carboxylic acids is 1. The fourth-order valence-electron chi connectivity index (χ4n) is 3.82. The first kappa shape index (κ1) is 16.3. The van der Waals surface area contributed by atoms with E-state index in [0.29, 0.717) is 12.1 Å². The lowest BCUT2D eigenvalue weighted by Crippen LogP contribution is -2.44. The van der Waals surface area contributed by atoms with Gasteiger partial charge in [-0.05, 0) is 61.1 Å². The van der Waals surface area contributed by atoms with E-state index in [-0.39, 0.29) is 17.6 Å². The molecule has 2 aromatic rings. The van der Waals surface area contributed by atoms with Crippen LogP contribution in [0.4, 0.5) is 4.39 Å². The summed E-state index contributed by atoms with van der Waals surface area (Å²) < 4.78 is 13.5. The predicted molar refractivity (Wildman–Crippen MR) is 94.6 cm³/mol. The molecule has 4 heteroatoms. The molecule has 1 unspecified atom stereocenters. The molecule has 1 amide bonds. The summed E-state index contributed by atoms with van der Waals surface area (Å²) in [6.07, 6.45) is 3.63. The van der Waals surface area contributed by atoms with E-state index < -0.39 is 5.60 Å². The van der Waals surface area contributed by atoms with Crippen LogP contribution in [-0.2, 0) is 0 Å². The van der Waals surface area contributed by atoms with E-state index in [1.807, 2.05) is 29.2 Å². The van der Waals surface area contributed by atoms with Crippen LogP contribution < -0.4 is 0 Å². The molecular formula is C21H22FNO2. The molecule has 1 heterocycles. The first-order valence-corrected chi connectivity index (χ1v) is 8.93. The highest BCUT2D eigenvalue weighted by Crippen LogP contribution is 2.45. The van der Waals surface area contributed by atoms with Crippen LogP contribution in [0, 0.1) is 11.7 Å². The highest BCUT2D eigenvalue weighted by molar-refractivity contribution is 5.95. The van der Waals surface area contributed by atoms with Crippen LogP contribution in [0.5, 0.6) is 0 Å². The number of halogens is 1. The van der Waals surface area contributed by atoms with Crippen molar-refractivity contribution in [3.63, 3.8) is 0 Å². The van der Waals surface area contributed by atoms with E-state index in [0.717, 1.165) is 43.4 Å². The highest BCUT2D eigenvalue weighted by atomic mass is 19.1. The number of hydrogen-bond donors (Lipinski definition) is 1. The molecule has 3 nitrogen and oxygen atoms in total. The molecule has 1 N–H and O–H groups in total. The predicted octanol–water partition coefficient (Wildman–Crippen LogP) is 3.87. The maximum Gasteiger partial charge on any atom is 0.253 e. The van der Waals surface area contributed by atoms with Gasteiger partial charge in [0.05, 0.1) is 5.60 Å². The third kappa shape index (κ3) is 3.31. The van der Waals surface area contributed by atoms with E-state index in [4.69, 9.17) is 0 Å². The topological polar surface area (TPSA) is 40.5 Å². The molecule has 0 aromatic heterocycles. The molecule has 0 bridgehead atoms. The average molecular weight is 339 g/mol. The van der Waals surface area contributed by atoms with Gasteiger partial charge in [-0.2, -0.15) is 0 Å². The van der Waals surface area contributed by atoms with Gasteiger partial charge < -0.3 is 10.0 Å². The van der Waals surface area contributed by atoms with Gasteiger partial charge in [0, 0.05) is 24.6 Å². The number of likely N-dealkylation sites (tertiary alicyclic amines) is 1. The van der Waals surface area contributed by atoms with Crippen LogP contribution in [0.3, 0.4) is 0 Å². The summed E-state index contributed by atoms with van der Waals surface area (Å²) in [5, 5.41) is 10.4. The zero-order chi connectivity index (χ0) is 17.4. The first-order valence-electron chi connectivity index (χ1n) is 8.93. The maximum atomic E-state index is 13.5. The van der Waals surface area contributed by atoms with Gasteiger partial charge in [0.1, 0.15) is 5.82 Å². The summed E-state index contributed by atoms with van der Waals surface area (Å²) in [6.45, 7) is 1.36. The van der Waals surface area contributed by atoms with Gasteiger partial charge >= 0.3 is 0 Å². The van der Waals surface area contributed by atoms with Crippen molar-refractivity contribution in [1.29, 1.82) is 0 Å². The molecule has 25 heavy (non-hydrogen) atoms. The molecule has 1 saturated heterocycles. The largest absolute Gasteiger partial charge is 0.390 e. The minimum atomic E-state index is -0.539. The molecule has 4 rings (SSSR count). The summed E-state index contributed by atoms with van der Waals surface area (Å²) in [6, 6.07) is 13.8. The van der Waals surface area contributed by atoms with Crippen molar-refractivity contribution in [2.24, 2.45) is 5.92 Å². The van der Waals surface area contributed by atoms with E-state index in [1.165, 1.54) is 12.1 Å². The van der Waals surface area contributed by atoms with Gasteiger partial charge in [0.25, 0.3) is 5.91 Å². The molecule has 0 spiro atoms. The van der Waals surface area contributed by atoms with Gasteiger partial charge in [-0.25, -0.2) is 4.39 Å². The lowest BCUT2D eigenvalue weighted by Gasteiger charge is -2.35. The number of benzene rings is 2. The Bertz CT molecular complexity index is 800. The number of nitrogens with zero attached hydrogens (tertiary/aromatic N) is 1. The van der Waals surface area contributed by atoms with E-state index >= 15 is 0 Å². The lowest BCUT2D eigenvalue weighted by molar-refractivity contribution is 0.0282. The fraction of sp³-hybridized carbons (Fsp3) is 0.381. The van der Waals surface area contributed by atoms with Crippen LogP contribution in [0.15, 0.2) is 48.5 Å². The monoisotopic (exact) mass is 339 g/mol. The number of piperidine rings is 1. The minimum absolute atomic E-state index is 0.00722. The summed E-state index contributed by atoms with van der Waals surface area (Å²) in [5.74, 6) is -0.102. The summed E-state index contributed by atoms with van der Waals surface area (Å²) in [7, 11) is 0. The second kappa shape index (κ2) is 6.26.